The number of aryl methyl sites for hydroxylation is 1. The zero-order chi connectivity index (χ0) is 14.6. The lowest BCUT2D eigenvalue weighted by Gasteiger charge is -2.32. The van der Waals surface area contributed by atoms with Gasteiger partial charge in [-0.15, -0.1) is 0 Å². The van der Waals surface area contributed by atoms with Crippen LogP contribution in [0.15, 0.2) is 12.4 Å². The third kappa shape index (κ3) is 4.96. The van der Waals surface area contributed by atoms with Gasteiger partial charge < -0.3 is 5.32 Å². The minimum Gasteiger partial charge on any atom is -0.369 e. The van der Waals surface area contributed by atoms with Crippen LogP contribution in [-0.4, -0.2) is 47.2 Å². The highest BCUT2D eigenvalue weighted by molar-refractivity contribution is 5.31. The van der Waals surface area contributed by atoms with E-state index in [1.165, 1.54) is 4.90 Å². The topological polar surface area (TPSA) is 41.1 Å². The van der Waals surface area contributed by atoms with E-state index in [2.05, 4.69) is 15.3 Å². The van der Waals surface area contributed by atoms with Crippen LogP contribution in [0.1, 0.15) is 18.5 Å². The summed E-state index contributed by atoms with van der Waals surface area (Å²) in [6.45, 7) is 2.82. The quantitative estimate of drug-likeness (QED) is 0.924. The summed E-state index contributed by atoms with van der Waals surface area (Å²) in [7, 11) is 0. The molecule has 0 bridgehead atoms. The molecule has 1 N–H and O–H groups in total. The molecular weight excluding hydrogens is 269 g/mol. The lowest BCUT2D eigenvalue weighted by molar-refractivity contribution is -0.148. The molecule has 0 atom stereocenters. The number of alkyl halides is 3. The number of nitrogens with zero attached hydrogens (tertiary/aromatic N) is 3. The average molecular weight is 288 g/mol. The van der Waals surface area contributed by atoms with Crippen LogP contribution in [0, 0.1) is 12.8 Å². The predicted octanol–water partition coefficient (Wildman–Crippen LogP) is 2.47. The number of rotatable bonds is 4. The van der Waals surface area contributed by atoms with Crippen molar-refractivity contribution in [2.45, 2.75) is 25.9 Å². The Kier molecular flexibility index (Phi) is 4.80. The van der Waals surface area contributed by atoms with Gasteiger partial charge in [0, 0.05) is 12.7 Å². The first-order valence-electron chi connectivity index (χ1n) is 6.74. The molecule has 1 aliphatic rings. The van der Waals surface area contributed by atoms with Crippen molar-refractivity contribution in [1.82, 2.24) is 14.9 Å². The van der Waals surface area contributed by atoms with Gasteiger partial charge in [0.05, 0.1) is 18.4 Å². The highest BCUT2D eigenvalue weighted by Crippen LogP contribution is 2.22. The number of nitrogens with one attached hydrogen (secondary N) is 1. The van der Waals surface area contributed by atoms with Crippen molar-refractivity contribution in [1.29, 1.82) is 0 Å². The monoisotopic (exact) mass is 288 g/mol. The largest absolute Gasteiger partial charge is 0.401 e. The van der Waals surface area contributed by atoms with Gasteiger partial charge in [0.25, 0.3) is 0 Å². The minimum atomic E-state index is -4.09. The van der Waals surface area contributed by atoms with E-state index in [9.17, 15) is 13.2 Å². The van der Waals surface area contributed by atoms with Crippen molar-refractivity contribution in [3.05, 3.63) is 18.1 Å². The van der Waals surface area contributed by atoms with Crippen molar-refractivity contribution < 1.29 is 13.2 Å². The van der Waals surface area contributed by atoms with Crippen LogP contribution < -0.4 is 5.32 Å². The predicted molar refractivity (Wildman–Crippen MR) is 70.5 cm³/mol. The summed E-state index contributed by atoms with van der Waals surface area (Å²) in [5.74, 6) is 1.12. The number of anilines is 1. The third-order valence-corrected chi connectivity index (χ3v) is 3.44. The van der Waals surface area contributed by atoms with Crippen molar-refractivity contribution >= 4 is 5.82 Å². The Morgan fingerprint density at radius 1 is 1.30 bits per heavy atom. The number of hydrogen-bond donors (Lipinski definition) is 1. The fourth-order valence-electron chi connectivity index (χ4n) is 2.40. The SMILES string of the molecule is Cc1cncc(NCC2CCN(CC(F)(F)F)CC2)n1. The summed E-state index contributed by atoms with van der Waals surface area (Å²) in [6.07, 6.45) is 0.805. The summed E-state index contributed by atoms with van der Waals surface area (Å²) in [4.78, 5) is 9.81. The van der Waals surface area contributed by atoms with Gasteiger partial charge in [-0.3, -0.25) is 9.88 Å². The van der Waals surface area contributed by atoms with E-state index < -0.39 is 12.7 Å². The van der Waals surface area contributed by atoms with Crippen LogP contribution in [0.25, 0.3) is 0 Å². The Morgan fingerprint density at radius 2 is 2.00 bits per heavy atom. The summed E-state index contributed by atoms with van der Waals surface area (Å²) in [5.41, 5.74) is 0.843. The van der Waals surface area contributed by atoms with Crippen LogP contribution in [0.5, 0.6) is 0 Å². The molecule has 0 aliphatic carbocycles. The summed E-state index contributed by atoms with van der Waals surface area (Å²) < 4.78 is 36.8. The van der Waals surface area contributed by atoms with Crippen molar-refractivity contribution in [3.8, 4) is 0 Å². The molecule has 0 spiro atoms. The molecular formula is C13H19F3N4. The number of halogens is 3. The Bertz CT molecular complexity index is 428. The molecule has 1 aromatic heterocycles. The molecule has 0 saturated carbocycles. The number of likely N-dealkylation sites (tertiary alicyclic amines) is 1. The maximum absolute atomic E-state index is 12.3. The van der Waals surface area contributed by atoms with Gasteiger partial charge in [0.2, 0.25) is 0 Å². The summed E-state index contributed by atoms with van der Waals surface area (Å²) in [5, 5.41) is 3.20. The van der Waals surface area contributed by atoms with Gasteiger partial charge in [0.1, 0.15) is 5.82 Å². The minimum absolute atomic E-state index is 0.391. The zero-order valence-electron chi connectivity index (χ0n) is 11.5. The molecule has 2 heterocycles. The second kappa shape index (κ2) is 6.39. The Morgan fingerprint density at radius 3 is 2.60 bits per heavy atom. The zero-order valence-corrected chi connectivity index (χ0v) is 11.5. The fourth-order valence-corrected chi connectivity index (χ4v) is 2.40. The number of hydrogen-bond acceptors (Lipinski definition) is 4. The van der Waals surface area contributed by atoms with Gasteiger partial charge in [-0.2, -0.15) is 13.2 Å². The second-order valence-corrected chi connectivity index (χ2v) is 5.26. The van der Waals surface area contributed by atoms with Crippen molar-refractivity contribution in [2.75, 3.05) is 31.5 Å². The van der Waals surface area contributed by atoms with Gasteiger partial charge >= 0.3 is 6.18 Å². The van der Waals surface area contributed by atoms with Crippen LogP contribution in [0.2, 0.25) is 0 Å². The van der Waals surface area contributed by atoms with E-state index >= 15 is 0 Å². The van der Waals surface area contributed by atoms with Crippen molar-refractivity contribution in [3.63, 3.8) is 0 Å². The molecule has 20 heavy (non-hydrogen) atoms. The molecule has 1 aromatic rings. The van der Waals surface area contributed by atoms with Crippen LogP contribution in [0.4, 0.5) is 19.0 Å². The maximum Gasteiger partial charge on any atom is 0.401 e. The molecule has 0 unspecified atom stereocenters. The molecule has 112 valence electrons. The van der Waals surface area contributed by atoms with Gasteiger partial charge in [0.15, 0.2) is 0 Å². The molecule has 4 nitrogen and oxygen atoms in total. The number of piperidine rings is 1. The Balaban J connectivity index is 1.72. The highest BCUT2D eigenvalue weighted by atomic mass is 19.4. The molecule has 0 aromatic carbocycles. The summed E-state index contributed by atoms with van der Waals surface area (Å²) in [6, 6.07) is 0. The average Bonchev–Trinajstić information content (AvgIpc) is 2.36. The third-order valence-electron chi connectivity index (χ3n) is 3.44. The molecule has 1 saturated heterocycles. The molecule has 0 radical (unpaired) electrons. The van der Waals surface area contributed by atoms with Gasteiger partial charge in [-0.25, -0.2) is 4.98 Å². The van der Waals surface area contributed by atoms with E-state index in [1.54, 1.807) is 12.4 Å². The van der Waals surface area contributed by atoms with Crippen LogP contribution in [-0.2, 0) is 0 Å². The summed E-state index contributed by atoms with van der Waals surface area (Å²) >= 11 is 0. The van der Waals surface area contributed by atoms with E-state index in [1.807, 2.05) is 6.92 Å². The molecule has 2 rings (SSSR count). The molecule has 1 fully saturated rings. The smallest absolute Gasteiger partial charge is 0.369 e. The second-order valence-electron chi connectivity index (χ2n) is 5.26. The first-order chi connectivity index (χ1) is 9.42. The highest BCUT2D eigenvalue weighted by Gasteiger charge is 2.32. The first-order valence-corrected chi connectivity index (χ1v) is 6.74. The van der Waals surface area contributed by atoms with Crippen LogP contribution in [0.3, 0.4) is 0 Å². The lowest BCUT2D eigenvalue weighted by Crippen LogP contribution is -2.41. The van der Waals surface area contributed by atoms with E-state index in [0.717, 1.165) is 30.9 Å². The van der Waals surface area contributed by atoms with E-state index in [4.69, 9.17) is 0 Å². The van der Waals surface area contributed by atoms with Gasteiger partial charge in [-0.05, 0) is 38.8 Å². The number of aromatic nitrogens is 2. The standard InChI is InChI=1S/C13H19F3N4/c1-10-6-17-8-12(19-10)18-7-11-2-4-20(5-3-11)9-13(14,15)16/h6,8,11H,2-5,7,9H2,1H3,(H,18,19). The molecule has 7 heteroatoms. The lowest BCUT2D eigenvalue weighted by atomic mass is 9.97. The van der Waals surface area contributed by atoms with E-state index in [-0.39, 0.29) is 0 Å². The fraction of sp³-hybridized carbons (Fsp3) is 0.692. The normalized spacial score (nSPS) is 18.2. The van der Waals surface area contributed by atoms with Crippen LogP contribution >= 0.6 is 0 Å². The maximum atomic E-state index is 12.3. The molecule has 1 aliphatic heterocycles. The Labute approximate surface area is 116 Å². The van der Waals surface area contributed by atoms with Crippen molar-refractivity contribution in [2.24, 2.45) is 5.92 Å². The molecule has 0 amide bonds. The van der Waals surface area contributed by atoms with Gasteiger partial charge in [-0.1, -0.05) is 0 Å². The first kappa shape index (κ1) is 15.0. The Hall–Kier alpha value is -1.37. The van der Waals surface area contributed by atoms with E-state index in [0.29, 0.717) is 19.0 Å².